The molecular weight excluding hydrogens is 202 g/mol. The third-order valence-electron chi connectivity index (χ3n) is 2.37. The molecule has 0 spiro atoms. The van der Waals surface area contributed by atoms with Gasteiger partial charge in [0.1, 0.15) is 5.82 Å². The zero-order valence-electron chi connectivity index (χ0n) is 10.4. The summed E-state index contributed by atoms with van der Waals surface area (Å²) in [7, 11) is 3.98. The van der Waals surface area contributed by atoms with Crippen LogP contribution < -0.4 is 10.2 Å². The molecule has 0 amide bonds. The molecule has 1 rings (SSSR count). The van der Waals surface area contributed by atoms with Crippen LogP contribution in [0.1, 0.15) is 12.5 Å². The lowest BCUT2D eigenvalue weighted by Crippen LogP contribution is -2.25. The lowest BCUT2D eigenvalue weighted by molar-refractivity contribution is 0.154. The van der Waals surface area contributed by atoms with Gasteiger partial charge < -0.3 is 15.0 Å². The van der Waals surface area contributed by atoms with Crippen molar-refractivity contribution in [2.45, 2.75) is 13.5 Å². The summed E-state index contributed by atoms with van der Waals surface area (Å²) in [4.78, 5) is 6.53. The summed E-state index contributed by atoms with van der Waals surface area (Å²) in [6.07, 6.45) is 1.83. The van der Waals surface area contributed by atoms with Gasteiger partial charge in [0.2, 0.25) is 0 Å². The second-order valence-electron chi connectivity index (χ2n) is 3.63. The zero-order chi connectivity index (χ0) is 11.8. The van der Waals surface area contributed by atoms with Crippen LogP contribution in [0.3, 0.4) is 0 Å². The van der Waals surface area contributed by atoms with Gasteiger partial charge in [0.15, 0.2) is 0 Å². The topological polar surface area (TPSA) is 37.4 Å². The molecule has 0 aliphatic carbocycles. The number of nitrogens with zero attached hydrogens (tertiary/aromatic N) is 2. The van der Waals surface area contributed by atoms with Crippen LogP contribution in [-0.2, 0) is 11.3 Å². The number of pyridine rings is 1. The fraction of sp³-hybridized carbons (Fsp3) is 0.583. The molecule has 0 saturated heterocycles. The molecule has 0 atom stereocenters. The van der Waals surface area contributed by atoms with Crippen LogP contribution >= 0.6 is 0 Å². The first-order valence-corrected chi connectivity index (χ1v) is 5.67. The average Bonchev–Trinajstić information content (AvgIpc) is 2.30. The van der Waals surface area contributed by atoms with Gasteiger partial charge in [0.05, 0.1) is 6.61 Å². The number of rotatable bonds is 7. The minimum Gasteiger partial charge on any atom is -0.380 e. The third kappa shape index (κ3) is 3.79. The van der Waals surface area contributed by atoms with E-state index in [2.05, 4.69) is 21.3 Å². The van der Waals surface area contributed by atoms with Gasteiger partial charge in [-0.25, -0.2) is 4.98 Å². The van der Waals surface area contributed by atoms with E-state index in [0.717, 1.165) is 32.1 Å². The first-order valence-electron chi connectivity index (χ1n) is 5.67. The highest BCUT2D eigenvalue weighted by atomic mass is 16.5. The van der Waals surface area contributed by atoms with E-state index in [1.165, 1.54) is 5.56 Å². The molecule has 0 fully saturated rings. The Morgan fingerprint density at radius 3 is 3.00 bits per heavy atom. The van der Waals surface area contributed by atoms with E-state index in [1.807, 2.05) is 33.3 Å². The maximum absolute atomic E-state index is 5.34. The van der Waals surface area contributed by atoms with E-state index in [0.29, 0.717) is 0 Å². The Morgan fingerprint density at radius 2 is 2.31 bits per heavy atom. The van der Waals surface area contributed by atoms with Gasteiger partial charge in [-0.3, -0.25) is 0 Å². The summed E-state index contributed by atoms with van der Waals surface area (Å²) >= 11 is 0. The summed E-state index contributed by atoms with van der Waals surface area (Å²) in [6.45, 7) is 5.21. The standard InChI is InChI=1S/C12H21N3O/c1-4-16-9-8-15(3)12-11(10-13-2)6-5-7-14-12/h5-7,13H,4,8-10H2,1-3H3. The molecule has 0 saturated carbocycles. The highest BCUT2D eigenvalue weighted by Gasteiger charge is 2.07. The van der Waals surface area contributed by atoms with Crippen molar-refractivity contribution in [1.82, 2.24) is 10.3 Å². The van der Waals surface area contributed by atoms with Crippen LogP contribution in [0.4, 0.5) is 5.82 Å². The molecule has 1 aromatic rings. The van der Waals surface area contributed by atoms with E-state index in [9.17, 15) is 0 Å². The zero-order valence-corrected chi connectivity index (χ0v) is 10.4. The Labute approximate surface area is 97.6 Å². The fourth-order valence-electron chi connectivity index (χ4n) is 1.55. The molecule has 0 aliphatic rings. The van der Waals surface area contributed by atoms with Crippen LogP contribution in [0.2, 0.25) is 0 Å². The second-order valence-corrected chi connectivity index (χ2v) is 3.63. The van der Waals surface area contributed by atoms with Crippen molar-refractivity contribution in [3.63, 3.8) is 0 Å². The molecule has 90 valence electrons. The van der Waals surface area contributed by atoms with Crippen LogP contribution in [-0.4, -0.2) is 38.8 Å². The first-order chi connectivity index (χ1) is 7.79. The lowest BCUT2D eigenvalue weighted by Gasteiger charge is -2.20. The molecule has 1 heterocycles. The Hall–Kier alpha value is -1.13. The maximum Gasteiger partial charge on any atom is 0.132 e. The number of nitrogens with one attached hydrogen (secondary N) is 1. The molecule has 0 unspecified atom stereocenters. The Bertz CT molecular complexity index is 304. The molecule has 16 heavy (non-hydrogen) atoms. The van der Waals surface area contributed by atoms with E-state index in [4.69, 9.17) is 4.74 Å². The van der Waals surface area contributed by atoms with Gasteiger partial charge in [-0.2, -0.15) is 0 Å². The number of ether oxygens (including phenoxy) is 1. The van der Waals surface area contributed by atoms with Crippen molar-refractivity contribution in [2.24, 2.45) is 0 Å². The largest absolute Gasteiger partial charge is 0.380 e. The minimum atomic E-state index is 0.739. The summed E-state index contributed by atoms with van der Waals surface area (Å²) in [6, 6.07) is 4.06. The third-order valence-corrected chi connectivity index (χ3v) is 2.37. The molecule has 0 bridgehead atoms. The van der Waals surface area contributed by atoms with Crippen molar-refractivity contribution in [1.29, 1.82) is 0 Å². The maximum atomic E-state index is 5.34. The number of hydrogen-bond acceptors (Lipinski definition) is 4. The van der Waals surface area contributed by atoms with Crippen molar-refractivity contribution in [2.75, 3.05) is 38.8 Å². The van der Waals surface area contributed by atoms with E-state index < -0.39 is 0 Å². The Balaban J connectivity index is 2.62. The predicted molar refractivity (Wildman–Crippen MR) is 66.8 cm³/mol. The van der Waals surface area contributed by atoms with E-state index >= 15 is 0 Å². The van der Waals surface area contributed by atoms with Crippen LogP contribution in [0.25, 0.3) is 0 Å². The molecular formula is C12H21N3O. The van der Waals surface area contributed by atoms with Crippen molar-refractivity contribution in [3.8, 4) is 0 Å². The van der Waals surface area contributed by atoms with Crippen LogP contribution in [0, 0.1) is 0 Å². The van der Waals surface area contributed by atoms with Gasteiger partial charge in [-0.05, 0) is 20.0 Å². The highest BCUT2D eigenvalue weighted by Crippen LogP contribution is 2.14. The molecule has 1 N–H and O–H groups in total. The van der Waals surface area contributed by atoms with Gasteiger partial charge in [-0.1, -0.05) is 6.07 Å². The van der Waals surface area contributed by atoms with Crippen molar-refractivity contribution >= 4 is 5.82 Å². The molecule has 0 aromatic carbocycles. The lowest BCUT2D eigenvalue weighted by atomic mass is 10.2. The monoisotopic (exact) mass is 223 g/mol. The van der Waals surface area contributed by atoms with Gasteiger partial charge in [0.25, 0.3) is 0 Å². The summed E-state index contributed by atoms with van der Waals surface area (Å²) < 4.78 is 5.34. The quantitative estimate of drug-likeness (QED) is 0.706. The highest BCUT2D eigenvalue weighted by molar-refractivity contribution is 5.45. The smallest absolute Gasteiger partial charge is 0.132 e. The van der Waals surface area contributed by atoms with Crippen molar-refractivity contribution in [3.05, 3.63) is 23.9 Å². The normalized spacial score (nSPS) is 10.4. The minimum absolute atomic E-state index is 0.739. The number of hydrogen-bond donors (Lipinski definition) is 1. The van der Waals surface area contributed by atoms with Crippen LogP contribution in [0.5, 0.6) is 0 Å². The molecule has 4 heteroatoms. The average molecular weight is 223 g/mol. The SMILES string of the molecule is CCOCCN(C)c1ncccc1CNC. The van der Waals surface area contributed by atoms with E-state index in [-0.39, 0.29) is 0 Å². The molecule has 4 nitrogen and oxygen atoms in total. The van der Waals surface area contributed by atoms with Gasteiger partial charge in [-0.15, -0.1) is 0 Å². The van der Waals surface area contributed by atoms with Crippen molar-refractivity contribution < 1.29 is 4.74 Å². The molecule has 1 aromatic heterocycles. The first kappa shape index (κ1) is 12.9. The Morgan fingerprint density at radius 1 is 1.50 bits per heavy atom. The number of likely N-dealkylation sites (N-methyl/N-ethyl adjacent to an activating group) is 1. The van der Waals surface area contributed by atoms with Crippen LogP contribution in [0.15, 0.2) is 18.3 Å². The Kier molecular flexibility index (Phi) is 5.82. The summed E-state index contributed by atoms with van der Waals surface area (Å²) in [5.41, 5.74) is 1.21. The summed E-state index contributed by atoms with van der Waals surface area (Å²) in [5.74, 6) is 1.02. The van der Waals surface area contributed by atoms with Gasteiger partial charge in [0, 0.05) is 38.5 Å². The number of anilines is 1. The molecule has 0 radical (unpaired) electrons. The fourth-order valence-corrected chi connectivity index (χ4v) is 1.55. The molecule has 0 aliphatic heterocycles. The predicted octanol–water partition coefficient (Wildman–Crippen LogP) is 1.27. The van der Waals surface area contributed by atoms with Gasteiger partial charge >= 0.3 is 0 Å². The second kappa shape index (κ2) is 7.19. The number of aromatic nitrogens is 1. The van der Waals surface area contributed by atoms with E-state index in [1.54, 1.807) is 0 Å². The summed E-state index contributed by atoms with van der Waals surface area (Å²) in [5, 5.41) is 3.15.